The molecule has 0 aliphatic carbocycles. The Kier molecular flexibility index (Phi) is 6.95. The van der Waals surface area contributed by atoms with Gasteiger partial charge in [-0.05, 0) is 41.5 Å². The molecule has 0 unspecified atom stereocenters. The molecule has 6 aromatic rings. The molecule has 4 aromatic carbocycles. The molecule has 2 heterocycles. The maximum atomic E-state index is 13.6. The van der Waals surface area contributed by atoms with Crippen LogP contribution in [0.3, 0.4) is 0 Å². The average molecular weight is 544 g/mol. The number of aromatic nitrogens is 2. The first kappa shape index (κ1) is 25.3. The third-order valence-electron chi connectivity index (χ3n) is 6.65. The van der Waals surface area contributed by atoms with Gasteiger partial charge in [0.05, 0.1) is 36.7 Å². The number of thiazole rings is 1. The lowest BCUT2D eigenvalue weighted by Gasteiger charge is -2.12. The highest BCUT2D eigenvalue weighted by Gasteiger charge is 2.17. The van der Waals surface area contributed by atoms with E-state index in [2.05, 4.69) is 41.7 Å². The molecule has 196 valence electrons. The topological polar surface area (TPSA) is 73.3 Å². The average Bonchev–Trinajstić information content (AvgIpc) is 3.49. The van der Waals surface area contributed by atoms with Crippen LogP contribution in [-0.2, 0) is 0 Å². The molecule has 0 spiro atoms. The van der Waals surface area contributed by atoms with Crippen LogP contribution in [-0.4, -0.2) is 30.1 Å². The number of nitrogens with zero attached hydrogens (tertiary/aromatic N) is 2. The zero-order valence-electron chi connectivity index (χ0n) is 21.9. The van der Waals surface area contributed by atoms with Crippen LogP contribution in [0.5, 0.6) is 11.5 Å². The number of anilines is 1. The van der Waals surface area contributed by atoms with Gasteiger partial charge in [-0.25, -0.2) is 9.97 Å². The Balaban J connectivity index is 1.28. The van der Waals surface area contributed by atoms with Gasteiger partial charge in [-0.15, -0.1) is 11.3 Å². The molecule has 0 aliphatic heterocycles. The first-order valence-corrected chi connectivity index (χ1v) is 13.6. The minimum atomic E-state index is -0.249. The van der Waals surface area contributed by atoms with Crippen LogP contribution in [0.2, 0.25) is 0 Å². The SMILES string of the molecule is COc1ccc(-c2cc(C(=O)Nc3nc(-c4ccc(-c5ccccc5)cc4)cs3)c3ccccc3n2)cc1OC. The normalized spacial score (nSPS) is 10.8. The Labute approximate surface area is 235 Å². The number of rotatable bonds is 7. The zero-order chi connectivity index (χ0) is 27.5. The van der Waals surface area contributed by atoms with Gasteiger partial charge in [-0.1, -0.05) is 72.8 Å². The maximum absolute atomic E-state index is 13.6. The van der Waals surface area contributed by atoms with Crippen molar-refractivity contribution in [1.29, 1.82) is 0 Å². The van der Waals surface area contributed by atoms with Crippen molar-refractivity contribution < 1.29 is 14.3 Å². The summed E-state index contributed by atoms with van der Waals surface area (Å²) in [6, 6.07) is 33.5. The summed E-state index contributed by atoms with van der Waals surface area (Å²) in [7, 11) is 3.19. The molecule has 2 aromatic heterocycles. The van der Waals surface area contributed by atoms with E-state index in [4.69, 9.17) is 19.4 Å². The summed E-state index contributed by atoms with van der Waals surface area (Å²) in [5.74, 6) is 0.966. The number of hydrogen-bond acceptors (Lipinski definition) is 6. The standard InChI is InChI=1S/C33H25N3O3S/c1-38-30-17-16-24(18-31(30)39-2)28-19-26(25-10-6-7-11-27(25)34-28)32(37)36-33-35-29(20-40-33)23-14-12-22(13-15-23)21-8-4-3-5-9-21/h3-20H,1-2H3,(H,35,36,37). The van der Waals surface area contributed by atoms with E-state index >= 15 is 0 Å². The van der Waals surface area contributed by atoms with E-state index in [-0.39, 0.29) is 5.91 Å². The zero-order valence-corrected chi connectivity index (χ0v) is 22.7. The number of benzene rings is 4. The molecule has 1 amide bonds. The van der Waals surface area contributed by atoms with E-state index < -0.39 is 0 Å². The van der Waals surface area contributed by atoms with Crippen LogP contribution in [0.15, 0.2) is 109 Å². The van der Waals surface area contributed by atoms with E-state index in [1.165, 1.54) is 11.3 Å². The van der Waals surface area contributed by atoms with Gasteiger partial charge in [-0.2, -0.15) is 0 Å². The molecule has 0 aliphatic rings. The number of para-hydroxylation sites is 1. The third kappa shape index (κ3) is 5.02. The monoisotopic (exact) mass is 543 g/mol. The summed E-state index contributed by atoms with van der Waals surface area (Å²) >= 11 is 1.39. The summed E-state index contributed by atoms with van der Waals surface area (Å²) < 4.78 is 10.8. The number of carbonyl (C=O) groups excluding carboxylic acids is 1. The summed E-state index contributed by atoms with van der Waals surface area (Å²) in [5.41, 5.74) is 6.81. The quantitative estimate of drug-likeness (QED) is 0.221. The first-order valence-electron chi connectivity index (χ1n) is 12.7. The highest BCUT2D eigenvalue weighted by atomic mass is 32.1. The van der Waals surface area contributed by atoms with Gasteiger partial charge in [0.15, 0.2) is 16.6 Å². The van der Waals surface area contributed by atoms with Gasteiger partial charge in [0.1, 0.15) is 0 Å². The Morgan fingerprint density at radius 2 is 1.35 bits per heavy atom. The van der Waals surface area contributed by atoms with Crippen LogP contribution >= 0.6 is 11.3 Å². The van der Waals surface area contributed by atoms with Crippen LogP contribution < -0.4 is 14.8 Å². The summed E-state index contributed by atoms with van der Waals surface area (Å²) in [5, 5.41) is 6.23. The minimum Gasteiger partial charge on any atom is -0.493 e. The molecular formula is C33H25N3O3S. The highest BCUT2D eigenvalue weighted by molar-refractivity contribution is 7.14. The van der Waals surface area contributed by atoms with E-state index in [9.17, 15) is 4.79 Å². The van der Waals surface area contributed by atoms with Crippen molar-refractivity contribution in [2.24, 2.45) is 0 Å². The Morgan fingerprint density at radius 3 is 2.12 bits per heavy atom. The molecule has 1 N–H and O–H groups in total. The van der Waals surface area contributed by atoms with Gasteiger partial charge in [0, 0.05) is 21.9 Å². The van der Waals surface area contributed by atoms with Crippen molar-refractivity contribution in [1.82, 2.24) is 9.97 Å². The van der Waals surface area contributed by atoms with Crippen molar-refractivity contribution in [3.63, 3.8) is 0 Å². The predicted molar refractivity (Wildman–Crippen MR) is 161 cm³/mol. The summed E-state index contributed by atoms with van der Waals surface area (Å²) in [4.78, 5) is 23.1. The Bertz CT molecular complexity index is 1820. The lowest BCUT2D eigenvalue weighted by molar-refractivity contribution is 0.102. The van der Waals surface area contributed by atoms with E-state index in [1.807, 2.05) is 66.0 Å². The number of carbonyl (C=O) groups is 1. The molecule has 0 radical (unpaired) electrons. The molecule has 0 saturated carbocycles. The van der Waals surface area contributed by atoms with Crippen molar-refractivity contribution >= 4 is 33.3 Å². The number of nitrogens with one attached hydrogen (secondary N) is 1. The van der Waals surface area contributed by atoms with E-state index in [0.717, 1.165) is 38.9 Å². The second-order valence-electron chi connectivity index (χ2n) is 9.08. The van der Waals surface area contributed by atoms with Gasteiger partial charge in [0.2, 0.25) is 0 Å². The van der Waals surface area contributed by atoms with Gasteiger partial charge >= 0.3 is 0 Å². The summed E-state index contributed by atoms with van der Waals surface area (Å²) in [6.45, 7) is 0. The fourth-order valence-corrected chi connectivity index (χ4v) is 5.31. The molecule has 0 bridgehead atoms. The van der Waals surface area contributed by atoms with Crippen molar-refractivity contribution in [3.05, 3.63) is 114 Å². The van der Waals surface area contributed by atoms with Crippen LogP contribution in [0.1, 0.15) is 10.4 Å². The van der Waals surface area contributed by atoms with Crippen molar-refractivity contribution in [3.8, 4) is 45.1 Å². The molecule has 6 nitrogen and oxygen atoms in total. The molecule has 7 heteroatoms. The number of fused-ring (bicyclic) bond motifs is 1. The molecule has 0 fully saturated rings. The Morgan fingerprint density at radius 1 is 0.675 bits per heavy atom. The smallest absolute Gasteiger partial charge is 0.258 e. The largest absolute Gasteiger partial charge is 0.493 e. The van der Waals surface area contributed by atoms with Crippen LogP contribution in [0, 0.1) is 0 Å². The lowest BCUT2D eigenvalue weighted by atomic mass is 10.0. The molecule has 40 heavy (non-hydrogen) atoms. The van der Waals surface area contributed by atoms with E-state index in [1.54, 1.807) is 20.3 Å². The molecule has 0 saturated heterocycles. The molecule has 0 atom stereocenters. The van der Waals surface area contributed by atoms with Crippen LogP contribution in [0.25, 0.3) is 44.5 Å². The Hall–Kier alpha value is -5.01. The van der Waals surface area contributed by atoms with Crippen LogP contribution in [0.4, 0.5) is 5.13 Å². The van der Waals surface area contributed by atoms with Gasteiger partial charge in [-0.3, -0.25) is 10.1 Å². The fraction of sp³-hybridized carbons (Fsp3) is 0.0606. The maximum Gasteiger partial charge on any atom is 0.258 e. The predicted octanol–water partition coefficient (Wildman–Crippen LogP) is 7.96. The highest BCUT2D eigenvalue weighted by Crippen LogP contribution is 2.34. The fourth-order valence-electron chi connectivity index (χ4n) is 4.60. The van der Waals surface area contributed by atoms with E-state index in [0.29, 0.717) is 27.9 Å². The van der Waals surface area contributed by atoms with Crippen molar-refractivity contribution in [2.75, 3.05) is 19.5 Å². The molecule has 6 rings (SSSR count). The minimum absolute atomic E-state index is 0.249. The number of pyridine rings is 1. The lowest BCUT2D eigenvalue weighted by Crippen LogP contribution is -2.13. The molecular weight excluding hydrogens is 518 g/mol. The van der Waals surface area contributed by atoms with Gasteiger partial charge in [0.25, 0.3) is 5.91 Å². The number of amides is 1. The van der Waals surface area contributed by atoms with Crippen molar-refractivity contribution in [2.45, 2.75) is 0 Å². The number of hydrogen-bond donors (Lipinski definition) is 1. The number of ether oxygens (including phenoxy) is 2. The first-order chi connectivity index (χ1) is 19.6. The number of methoxy groups -OCH3 is 2. The second-order valence-corrected chi connectivity index (χ2v) is 9.94. The third-order valence-corrected chi connectivity index (χ3v) is 7.41. The summed E-state index contributed by atoms with van der Waals surface area (Å²) in [6.07, 6.45) is 0. The second kappa shape index (κ2) is 11.0. The van der Waals surface area contributed by atoms with Gasteiger partial charge < -0.3 is 9.47 Å².